The van der Waals surface area contributed by atoms with Crippen molar-refractivity contribution in [3.63, 3.8) is 0 Å². The van der Waals surface area contributed by atoms with Crippen molar-refractivity contribution in [2.45, 2.75) is 18.8 Å². The van der Waals surface area contributed by atoms with Gasteiger partial charge in [-0.1, -0.05) is 11.2 Å². The van der Waals surface area contributed by atoms with E-state index in [1.165, 1.54) is 18.2 Å². The molecule has 0 radical (unpaired) electrons. The summed E-state index contributed by atoms with van der Waals surface area (Å²) in [4.78, 5) is 19.0. The third-order valence-corrected chi connectivity index (χ3v) is 5.21. The molecule has 156 valence electrons. The van der Waals surface area contributed by atoms with Gasteiger partial charge in [0.25, 0.3) is 5.91 Å². The Labute approximate surface area is 173 Å². The van der Waals surface area contributed by atoms with Crippen LogP contribution in [-0.4, -0.2) is 48.3 Å². The van der Waals surface area contributed by atoms with Crippen LogP contribution in [0.5, 0.6) is 11.5 Å². The molecule has 30 heavy (non-hydrogen) atoms. The van der Waals surface area contributed by atoms with Crippen molar-refractivity contribution < 1.29 is 23.2 Å². The minimum Gasteiger partial charge on any atom is -0.493 e. The van der Waals surface area contributed by atoms with E-state index < -0.39 is 5.82 Å². The number of nitrogens with zero attached hydrogens (tertiary/aromatic N) is 3. The van der Waals surface area contributed by atoms with Crippen LogP contribution in [0.2, 0.25) is 0 Å². The fraction of sp³-hybridized carbons (Fsp3) is 0.318. The lowest BCUT2D eigenvalue weighted by Gasteiger charge is -2.31. The summed E-state index contributed by atoms with van der Waals surface area (Å²) in [5.74, 6) is 1.42. The summed E-state index contributed by atoms with van der Waals surface area (Å²) < 4.78 is 29.6. The van der Waals surface area contributed by atoms with Crippen LogP contribution in [0.4, 0.5) is 4.39 Å². The van der Waals surface area contributed by atoms with Crippen LogP contribution in [0.3, 0.4) is 0 Å². The molecule has 0 spiro atoms. The summed E-state index contributed by atoms with van der Waals surface area (Å²) in [7, 11) is 3.14. The predicted octanol–water partition coefficient (Wildman–Crippen LogP) is 3.91. The van der Waals surface area contributed by atoms with Gasteiger partial charge < -0.3 is 18.9 Å². The number of hydrogen-bond donors (Lipinski definition) is 0. The van der Waals surface area contributed by atoms with Gasteiger partial charge in [0, 0.05) is 24.2 Å². The highest BCUT2D eigenvalue weighted by Gasteiger charge is 2.29. The van der Waals surface area contributed by atoms with Crippen molar-refractivity contribution in [1.29, 1.82) is 0 Å². The van der Waals surface area contributed by atoms with E-state index in [-0.39, 0.29) is 11.8 Å². The van der Waals surface area contributed by atoms with Crippen molar-refractivity contribution in [1.82, 2.24) is 15.0 Å². The summed E-state index contributed by atoms with van der Waals surface area (Å²) >= 11 is 0. The third-order valence-electron chi connectivity index (χ3n) is 5.21. The average Bonchev–Trinajstić information content (AvgIpc) is 3.28. The van der Waals surface area contributed by atoms with E-state index in [2.05, 4.69) is 10.1 Å². The van der Waals surface area contributed by atoms with Crippen LogP contribution in [0.15, 0.2) is 47.0 Å². The number of methoxy groups -OCH3 is 2. The van der Waals surface area contributed by atoms with Crippen LogP contribution >= 0.6 is 0 Å². The molecule has 1 amide bonds. The fourth-order valence-electron chi connectivity index (χ4n) is 3.66. The van der Waals surface area contributed by atoms with Crippen LogP contribution in [-0.2, 0) is 0 Å². The van der Waals surface area contributed by atoms with E-state index in [0.717, 1.165) is 18.4 Å². The van der Waals surface area contributed by atoms with Gasteiger partial charge in [0.2, 0.25) is 11.7 Å². The Morgan fingerprint density at radius 2 is 2.00 bits per heavy atom. The van der Waals surface area contributed by atoms with Crippen molar-refractivity contribution >= 4 is 5.91 Å². The van der Waals surface area contributed by atoms with E-state index in [1.807, 2.05) is 6.07 Å². The number of ether oxygens (including phenoxy) is 2. The molecule has 1 unspecified atom stereocenters. The van der Waals surface area contributed by atoms with Crippen LogP contribution < -0.4 is 9.47 Å². The molecule has 1 aromatic heterocycles. The Kier molecular flexibility index (Phi) is 5.65. The zero-order chi connectivity index (χ0) is 21.1. The van der Waals surface area contributed by atoms with Gasteiger partial charge in [-0.25, -0.2) is 4.39 Å². The zero-order valence-corrected chi connectivity index (χ0v) is 16.8. The number of carbonyl (C=O) groups is 1. The highest BCUT2D eigenvalue weighted by Crippen LogP contribution is 2.33. The smallest absolute Gasteiger partial charge is 0.253 e. The Hall–Kier alpha value is -3.42. The largest absolute Gasteiger partial charge is 0.493 e. The first kappa shape index (κ1) is 19.9. The van der Waals surface area contributed by atoms with Gasteiger partial charge in [-0.05, 0) is 49.2 Å². The topological polar surface area (TPSA) is 77.7 Å². The van der Waals surface area contributed by atoms with Crippen LogP contribution in [0.1, 0.15) is 35.0 Å². The molecule has 1 saturated heterocycles. The lowest BCUT2D eigenvalue weighted by molar-refractivity contribution is 0.0695. The van der Waals surface area contributed by atoms with Gasteiger partial charge in [0.1, 0.15) is 5.82 Å². The number of rotatable bonds is 5. The maximum absolute atomic E-state index is 13.5. The number of benzene rings is 2. The summed E-state index contributed by atoms with van der Waals surface area (Å²) in [5.41, 5.74) is 1.08. The highest BCUT2D eigenvalue weighted by atomic mass is 19.1. The van der Waals surface area contributed by atoms with Crippen molar-refractivity contribution in [3.8, 4) is 22.9 Å². The monoisotopic (exact) mass is 411 g/mol. The van der Waals surface area contributed by atoms with Crippen molar-refractivity contribution in [2.75, 3.05) is 27.3 Å². The van der Waals surface area contributed by atoms with Gasteiger partial charge >= 0.3 is 0 Å². The van der Waals surface area contributed by atoms with Crippen LogP contribution in [0, 0.1) is 5.82 Å². The van der Waals surface area contributed by atoms with Crippen molar-refractivity contribution in [3.05, 3.63) is 59.7 Å². The number of aromatic nitrogens is 2. The Balaban J connectivity index is 1.51. The molecular formula is C22H22FN3O4. The van der Waals surface area contributed by atoms with Gasteiger partial charge in [-0.15, -0.1) is 0 Å². The molecule has 1 aliphatic rings. The first-order valence-electron chi connectivity index (χ1n) is 9.70. The predicted molar refractivity (Wildman–Crippen MR) is 107 cm³/mol. The number of carbonyl (C=O) groups excluding carboxylic acids is 1. The number of likely N-dealkylation sites (tertiary alicyclic amines) is 1. The summed E-state index contributed by atoms with van der Waals surface area (Å²) in [6.45, 7) is 1.06. The molecule has 8 heteroatoms. The van der Waals surface area contributed by atoms with Gasteiger partial charge in [-0.3, -0.25) is 4.79 Å². The number of halogens is 1. The maximum atomic E-state index is 13.5. The molecule has 0 saturated carbocycles. The normalized spacial score (nSPS) is 16.4. The Morgan fingerprint density at radius 1 is 1.17 bits per heavy atom. The molecule has 0 aliphatic carbocycles. The fourth-order valence-corrected chi connectivity index (χ4v) is 3.66. The quantitative estimate of drug-likeness (QED) is 0.633. The Morgan fingerprint density at radius 3 is 2.77 bits per heavy atom. The minimum atomic E-state index is -0.425. The molecule has 1 atom stereocenters. The molecule has 7 nitrogen and oxygen atoms in total. The zero-order valence-electron chi connectivity index (χ0n) is 16.8. The van der Waals surface area contributed by atoms with Gasteiger partial charge in [0.15, 0.2) is 11.5 Å². The molecule has 2 heterocycles. The molecule has 1 fully saturated rings. The molecule has 4 rings (SSSR count). The highest BCUT2D eigenvalue weighted by molar-refractivity contribution is 5.94. The number of amides is 1. The standard InChI is InChI=1S/C22H22FN3O4/c1-28-18-9-8-14(12-19(18)29-2)20-24-21(30-25-20)16-6-4-10-26(13-16)22(27)15-5-3-7-17(23)11-15/h3,5,7-9,11-12,16H,4,6,10,13H2,1-2H3. The number of hydrogen-bond acceptors (Lipinski definition) is 6. The van der Waals surface area contributed by atoms with E-state index in [1.54, 1.807) is 37.3 Å². The SMILES string of the molecule is COc1ccc(-c2noc(C3CCCN(C(=O)c4cccc(F)c4)C3)n2)cc1OC. The lowest BCUT2D eigenvalue weighted by Crippen LogP contribution is -2.39. The molecule has 0 bridgehead atoms. The van der Waals surface area contributed by atoms with E-state index in [9.17, 15) is 9.18 Å². The van der Waals surface area contributed by atoms with Crippen molar-refractivity contribution in [2.24, 2.45) is 0 Å². The van der Waals surface area contributed by atoms with Gasteiger partial charge in [0.05, 0.1) is 20.1 Å². The van der Waals surface area contributed by atoms with E-state index in [4.69, 9.17) is 14.0 Å². The first-order chi connectivity index (χ1) is 14.6. The molecule has 3 aromatic rings. The molecular weight excluding hydrogens is 389 g/mol. The first-order valence-corrected chi connectivity index (χ1v) is 9.70. The van der Waals surface area contributed by atoms with E-state index >= 15 is 0 Å². The molecule has 1 aliphatic heterocycles. The average molecular weight is 411 g/mol. The van der Waals surface area contributed by atoms with Crippen LogP contribution in [0.25, 0.3) is 11.4 Å². The maximum Gasteiger partial charge on any atom is 0.253 e. The second-order valence-electron chi connectivity index (χ2n) is 7.13. The summed E-state index contributed by atoms with van der Waals surface area (Å²) in [6.07, 6.45) is 1.64. The second kappa shape index (κ2) is 8.52. The van der Waals surface area contributed by atoms with E-state index in [0.29, 0.717) is 41.9 Å². The minimum absolute atomic E-state index is 0.0716. The lowest BCUT2D eigenvalue weighted by atomic mass is 9.97. The third kappa shape index (κ3) is 3.98. The summed E-state index contributed by atoms with van der Waals surface area (Å²) in [5, 5.41) is 4.10. The number of piperidine rings is 1. The molecule has 0 N–H and O–H groups in total. The molecule has 2 aromatic carbocycles. The summed E-state index contributed by atoms with van der Waals surface area (Å²) in [6, 6.07) is 11.1. The van der Waals surface area contributed by atoms with Gasteiger partial charge in [-0.2, -0.15) is 4.98 Å². The Bertz CT molecular complexity index is 1050. The second-order valence-corrected chi connectivity index (χ2v) is 7.13.